The molecule has 1 aromatic carbocycles. The lowest BCUT2D eigenvalue weighted by atomic mass is 9.88. The Morgan fingerprint density at radius 1 is 1.03 bits per heavy atom. The molecule has 1 heterocycles. The number of nitrogens with zero attached hydrogens (tertiary/aromatic N) is 1. The minimum Gasteiger partial charge on any atom is -0.461 e. The Bertz CT molecular complexity index is 1120. The van der Waals surface area contributed by atoms with Gasteiger partial charge in [0, 0.05) is 18.7 Å². The molecule has 0 unspecified atom stereocenters. The van der Waals surface area contributed by atoms with Crippen LogP contribution in [-0.2, 0) is 26.0 Å². The number of sulfonamides is 1. The molecule has 0 atom stereocenters. The number of rotatable bonds is 10. The number of ether oxygens (including phenoxy) is 1. The highest BCUT2D eigenvalue weighted by atomic mass is 32.2. The molecule has 2 aromatic rings. The van der Waals surface area contributed by atoms with Crippen LogP contribution in [-0.4, -0.2) is 44.3 Å². The van der Waals surface area contributed by atoms with Crippen molar-refractivity contribution >= 4 is 27.8 Å². The molecule has 35 heavy (non-hydrogen) atoms. The van der Waals surface area contributed by atoms with Gasteiger partial charge in [-0.1, -0.05) is 38.3 Å². The van der Waals surface area contributed by atoms with Gasteiger partial charge in [0.05, 0.1) is 17.1 Å². The monoisotopic (exact) mass is 501 g/mol. The minimum atomic E-state index is -4.10. The maximum Gasteiger partial charge on any atom is 0.356 e. The van der Waals surface area contributed by atoms with Gasteiger partial charge >= 0.3 is 5.97 Å². The third-order valence-electron chi connectivity index (χ3n) is 5.82. The van der Waals surface area contributed by atoms with E-state index in [9.17, 15) is 22.8 Å². The number of hydrogen-bond acceptors (Lipinski definition) is 7. The first-order valence-corrected chi connectivity index (χ1v) is 13.4. The molecule has 0 spiro atoms. The molecule has 0 aliphatic heterocycles. The second-order valence-corrected chi connectivity index (χ2v) is 10.2. The second kappa shape index (κ2) is 12.4. The number of hydrogen-bond donors (Lipinski definition) is 2. The number of carbonyl (C=O) groups excluding carboxylic acids is 3. The number of amides is 2. The zero-order chi connectivity index (χ0) is 25.3. The summed E-state index contributed by atoms with van der Waals surface area (Å²) in [6, 6.07) is 8.76. The van der Waals surface area contributed by atoms with E-state index >= 15 is 0 Å². The molecule has 0 saturated heterocycles. The van der Waals surface area contributed by atoms with Crippen molar-refractivity contribution < 1.29 is 27.5 Å². The Balaban J connectivity index is 1.52. The second-order valence-electron chi connectivity index (χ2n) is 8.52. The number of esters is 1. The van der Waals surface area contributed by atoms with Crippen molar-refractivity contribution in [3.05, 3.63) is 59.4 Å². The lowest BCUT2D eigenvalue weighted by Gasteiger charge is -2.20. The molecular formula is C25H31N3O6S. The van der Waals surface area contributed by atoms with E-state index in [0.29, 0.717) is 19.4 Å². The summed E-state index contributed by atoms with van der Waals surface area (Å²) in [4.78, 5) is 40.2. The topological polar surface area (TPSA) is 132 Å². The van der Waals surface area contributed by atoms with E-state index in [4.69, 9.17) is 4.74 Å². The van der Waals surface area contributed by atoms with E-state index < -0.39 is 21.9 Å². The number of carbonyl (C=O) groups is 3. The van der Waals surface area contributed by atoms with Gasteiger partial charge in [0.2, 0.25) is 5.91 Å². The molecule has 2 N–H and O–H groups in total. The Morgan fingerprint density at radius 2 is 1.74 bits per heavy atom. The van der Waals surface area contributed by atoms with Gasteiger partial charge in [0.15, 0.2) is 0 Å². The largest absolute Gasteiger partial charge is 0.461 e. The summed E-state index contributed by atoms with van der Waals surface area (Å²) in [5, 5.41) is 2.96. The average Bonchev–Trinajstić information content (AvgIpc) is 2.88. The first-order chi connectivity index (χ1) is 16.8. The molecule has 0 bridgehead atoms. The molecule has 3 rings (SSSR count). The third-order valence-corrected chi connectivity index (χ3v) is 7.17. The van der Waals surface area contributed by atoms with Crippen LogP contribution in [0.5, 0.6) is 0 Å². The van der Waals surface area contributed by atoms with Crippen molar-refractivity contribution in [2.75, 3.05) is 13.2 Å². The van der Waals surface area contributed by atoms with E-state index in [1.54, 1.807) is 12.1 Å². The summed E-state index contributed by atoms with van der Waals surface area (Å²) >= 11 is 0. The standard InChI is InChI=1S/C25H31N3O6S/c1-2-16-34-25(31)22-13-10-20(17-27-22)24(30)28-35(32,33)21-11-8-18(9-12-21)14-15-26-23(29)19-6-4-3-5-7-19/h8-13,17,19H,2-7,14-16H2,1H3,(H,26,29)(H,28,30). The predicted molar refractivity (Wildman–Crippen MR) is 129 cm³/mol. The van der Waals surface area contributed by atoms with Crippen molar-refractivity contribution in [1.82, 2.24) is 15.0 Å². The summed E-state index contributed by atoms with van der Waals surface area (Å²) in [6.07, 6.45) is 7.63. The van der Waals surface area contributed by atoms with Crippen molar-refractivity contribution in [2.45, 2.75) is 56.8 Å². The van der Waals surface area contributed by atoms with Crippen LogP contribution in [0.4, 0.5) is 0 Å². The van der Waals surface area contributed by atoms with Crippen LogP contribution in [0.15, 0.2) is 47.5 Å². The fourth-order valence-corrected chi connectivity index (χ4v) is 4.81. The van der Waals surface area contributed by atoms with Gasteiger partial charge < -0.3 is 10.1 Å². The molecule has 9 nitrogen and oxygen atoms in total. The highest BCUT2D eigenvalue weighted by molar-refractivity contribution is 7.90. The molecular weight excluding hydrogens is 470 g/mol. The predicted octanol–water partition coefficient (Wildman–Crippen LogP) is 3.01. The van der Waals surface area contributed by atoms with Crippen LogP contribution in [0.3, 0.4) is 0 Å². The fourth-order valence-electron chi connectivity index (χ4n) is 3.83. The van der Waals surface area contributed by atoms with Gasteiger partial charge in [-0.15, -0.1) is 0 Å². The first-order valence-electron chi connectivity index (χ1n) is 11.9. The summed E-state index contributed by atoms with van der Waals surface area (Å²) < 4.78 is 32.2. The van der Waals surface area contributed by atoms with Crippen LogP contribution in [0, 0.1) is 5.92 Å². The highest BCUT2D eigenvalue weighted by Crippen LogP contribution is 2.23. The molecule has 1 aliphatic rings. The molecule has 1 aliphatic carbocycles. The molecule has 1 saturated carbocycles. The zero-order valence-corrected chi connectivity index (χ0v) is 20.6. The molecule has 188 valence electrons. The van der Waals surface area contributed by atoms with Gasteiger partial charge in [-0.2, -0.15) is 0 Å². The lowest BCUT2D eigenvalue weighted by Crippen LogP contribution is -2.33. The normalized spacial score (nSPS) is 14.2. The van der Waals surface area contributed by atoms with Gasteiger partial charge in [-0.3, -0.25) is 9.59 Å². The lowest BCUT2D eigenvalue weighted by molar-refractivity contribution is -0.125. The number of nitrogens with one attached hydrogen (secondary N) is 2. The van der Waals surface area contributed by atoms with Crippen molar-refractivity contribution in [2.24, 2.45) is 5.92 Å². The van der Waals surface area contributed by atoms with Crippen LogP contribution < -0.4 is 10.0 Å². The van der Waals surface area contributed by atoms with E-state index in [1.165, 1.54) is 30.7 Å². The quantitative estimate of drug-likeness (QED) is 0.478. The van der Waals surface area contributed by atoms with Crippen molar-refractivity contribution in [3.63, 3.8) is 0 Å². The Hall–Kier alpha value is -3.27. The number of benzene rings is 1. The SMILES string of the molecule is CCCOC(=O)c1ccc(C(=O)NS(=O)(=O)c2ccc(CCNC(=O)C3CCCCC3)cc2)cn1. The van der Waals surface area contributed by atoms with Crippen LogP contribution in [0.2, 0.25) is 0 Å². The van der Waals surface area contributed by atoms with Gasteiger partial charge in [0.25, 0.3) is 15.9 Å². The van der Waals surface area contributed by atoms with E-state index in [0.717, 1.165) is 37.4 Å². The van der Waals surface area contributed by atoms with Crippen LogP contribution >= 0.6 is 0 Å². The summed E-state index contributed by atoms with van der Waals surface area (Å²) in [6.45, 7) is 2.60. The van der Waals surface area contributed by atoms with E-state index in [1.807, 2.05) is 11.6 Å². The summed E-state index contributed by atoms with van der Waals surface area (Å²) in [5.41, 5.74) is 0.892. The van der Waals surface area contributed by atoms with Crippen LogP contribution in [0.25, 0.3) is 0 Å². The first kappa shape index (κ1) is 26.3. The molecule has 1 fully saturated rings. The Labute approximate surface area is 205 Å². The highest BCUT2D eigenvalue weighted by Gasteiger charge is 2.21. The van der Waals surface area contributed by atoms with Gasteiger partial charge in [0.1, 0.15) is 5.69 Å². The molecule has 2 amide bonds. The maximum absolute atomic E-state index is 12.6. The Kier molecular flexibility index (Phi) is 9.36. The average molecular weight is 502 g/mol. The zero-order valence-electron chi connectivity index (χ0n) is 19.8. The minimum absolute atomic E-state index is 0.00839. The fraction of sp³-hybridized carbons (Fsp3) is 0.440. The number of pyridine rings is 1. The van der Waals surface area contributed by atoms with Gasteiger partial charge in [-0.05, 0) is 55.5 Å². The summed E-state index contributed by atoms with van der Waals surface area (Å²) in [5.74, 6) is -1.28. The smallest absolute Gasteiger partial charge is 0.356 e. The maximum atomic E-state index is 12.6. The summed E-state index contributed by atoms with van der Waals surface area (Å²) in [7, 11) is -4.10. The Morgan fingerprint density at radius 3 is 2.37 bits per heavy atom. The molecule has 1 aromatic heterocycles. The van der Waals surface area contributed by atoms with Crippen molar-refractivity contribution in [3.8, 4) is 0 Å². The van der Waals surface area contributed by atoms with Crippen molar-refractivity contribution in [1.29, 1.82) is 0 Å². The number of aromatic nitrogens is 1. The van der Waals surface area contributed by atoms with Crippen LogP contribution in [0.1, 0.15) is 71.9 Å². The third kappa shape index (κ3) is 7.61. The van der Waals surface area contributed by atoms with Gasteiger partial charge in [-0.25, -0.2) is 22.9 Å². The van der Waals surface area contributed by atoms with E-state index in [2.05, 4.69) is 10.3 Å². The molecule has 10 heteroatoms. The van der Waals surface area contributed by atoms with E-state index in [-0.39, 0.29) is 34.6 Å². The molecule has 0 radical (unpaired) electrons.